The Labute approximate surface area is 135 Å². The summed E-state index contributed by atoms with van der Waals surface area (Å²) >= 11 is 3.60. The van der Waals surface area contributed by atoms with E-state index in [-0.39, 0.29) is 5.41 Å². The Balaban J connectivity index is 2.48. The van der Waals surface area contributed by atoms with Crippen LogP contribution >= 0.6 is 15.9 Å². The molecule has 0 radical (unpaired) electrons. The summed E-state index contributed by atoms with van der Waals surface area (Å²) in [6, 6.07) is 8.16. The summed E-state index contributed by atoms with van der Waals surface area (Å²) < 4.78 is 6.72. The molecule has 0 aliphatic carbocycles. The molecule has 1 aromatic carbocycles. The number of ether oxygens (including phenoxy) is 1. The van der Waals surface area contributed by atoms with E-state index >= 15 is 0 Å². The molecule has 3 heteroatoms. The molecule has 0 saturated carbocycles. The molecule has 2 rings (SSSR count). The fraction of sp³-hybridized carbons (Fsp3) is 0.278. The molecule has 0 saturated heterocycles. The lowest BCUT2D eigenvalue weighted by Crippen LogP contribution is -2.13. The van der Waals surface area contributed by atoms with E-state index in [0.717, 1.165) is 21.3 Å². The van der Waals surface area contributed by atoms with Gasteiger partial charge in [-0.1, -0.05) is 48.9 Å². The zero-order valence-electron chi connectivity index (χ0n) is 12.9. The van der Waals surface area contributed by atoms with Gasteiger partial charge in [0.05, 0.1) is 7.11 Å². The monoisotopic (exact) mass is 345 g/mol. The van der Waals surface area contributed by atoms with Gasteiger partial charge in [-0.05, 0) is 35.2 Å². The van der Waals surface area contributed by atoms with E-state index < -0.39 is 0 Å². The molecule has 0 aliphatic rings. The fourth-order valence-corrected chi connectivity index (χ4v) is 2.66. The molecular weight excluding hydrogens is 326 g/mol. The number of methoxy groups -OCH3 is 1. The first-order chi connectivity index (χ1) is 9.91. The van der Waals surface area contributed by atoms with Crippen LogP contribution in [0.3, 0.4) is 0 Å². The summed E-state index contributed by atoms with van der Waals surface area (Å²) in [6.45, 7) is 6.56. The molecule has 110 valence electrons. The Morgan fingerprint density at radius 3 is 2.33 bits per heavy atom. The quantitative estimate of drug-likeness (QED) is 0.750. The van der Waals surface area contributed by atoms with Crippen molar-refractivity contribution < 1.29 is 4.74 Å². The molecule has 1 aromatic heterocycles. The van der Waals surface area contributed by atoms with Crippen molar-refractivity contribution in [3.8, 4) is 5.75 Å². The Morgan fingerprint density at radius 1 is 1.10 bits per heavy atom. The normalized spacial score (nSPS) is 11.9. The van der Waals surface area contributed by atoms with Crippen LogP contribution in [0.1, 0.15) is 37.5 Å². The third-order valence-corrected chi connectivity index (χ3v) is 3.71. The fourth-order valence-electron chi connectivity index (χ4n) is 2.18. The van der Waals surface area contributed by atoms with Crippen molar-refractivity contribution in [1.29, 1.82) is 0 Å². The van der Waals surface area contributed by atoms with Crippen LogP contribution in [0, 0.1) is 0 Å². The minimum Gasteiger partial charge on any atom is -0.496 e. The molecule has 0 unspecified atom stereocenters. The Hall–Kier alpha value is -1.61. The number of hydrogen-bond donors (Lipinski definition) is 0. The Bertz CT molecular complexity index is 642. The van der Waals surface area contributed by atoms with Crippen molar-refractivity contribution in [2.24, 2.45) is 0 Å². The highest BCUT2D eigenvalue weighted by atomic mass is 79.9. The number of halogens is 1. The minimum atomic E-state index is 0.0222. The summed E-state index contributed by atoms with van der Waals surface area (Å²) in [5.41, 5.74) is 3.39. The van der Waals surface area contributed by atoms with Crippen LogP contribution in [0.4, 0.5) is 0 Å². The summed E-state index contributed by atoms with van der Waals surface area (Å²) in [4.78, 5) is 4.03. The smallest absolute Gasteiger partial charge is 0.129 e. The summed E-state index contributed by atoms with van der Waals surface area (Å²) in [6.07, 6.45) is 7.73. The van der Waals surface area contributed by atoms with Gasteiger partial charge >= 0.3 is 0 Å². The highest BCUT2D eigenvalue weighted by Crippen LogP contribution is 2.37. The highest BCUT2D eigenvalue weighted by Gasteiger charge is 2.21. The number of hydrogen-bond acceptors (Lipinski definition) is 2. The SMILES string of the molecule is COc1c(C=Cc2ccncc2)cc(Br)cc1C(C)(C)C. The van der Waals surface area contributed by atoms with Crippen molar-refractivity contribution in [2.75, 3.05) is 7.11 Å². The second-order valence-electron chi connectivity index (χ2n) is 5.94. The first-order valence-corrected chi connectivity index (χ1v) is 7.67. The van der Waals surface area contributed by atoms with E-state index in [4.69, 9.17) is 4.74 Å². The third kappa shape index (κ3) is 3.94. The van der Waals surface area contributed by atoms with E-state index in [9.17, 15) is 0 Å². The number of benzene rings is 1. The van der Waals surface area contributed by atoms with Crippen LogP contribution < -0.4 is 4.74 Å². The van der Waals surface area contributed by atoms with Crippen LogP contribution in [0.25, 0.3) is 12.2 Å². The van der Waals surface area contributed by atoms with E-state index in [1.54, 1.807) is 19.5 Å². The maximum absolute atomic E-state index is 5.66. The van der Waals surface area contributed by atoms with Crippen LogP contribution in [-0.4, -0.2) is 12.1 Å². The Kier molecular flexibility index (Phi) is 4.84. The zero-order chi connectivity index (χ0) is 15.5. The predicted octanol–water partition coefficient (Wildman–Crippen LogP) is 5.32. The average Bonchev–Trinajstić information content (AvgIpc) is 2.44. The molecular formula is C18H20BrNO. The van der Waals surface area contributed by atoms with Gasteiger partial charge in [-0.25, -0.2) is 0 Å². The van der Waals surface area contributed by atoms with Gasteiger partial charge in [-0.3, -0.25) is 4.98 Å². The van der Waals surface area contributed by atoms with Crippen molar-refractivity contribution in [3.05, 3.63) is 57.8 Å². The number of pyridine rings is 1. The molecule has 0 amide bonds. The Morgan fingerprint density at radius 2 is 1.76 bits per heavy atom. The molecule has 0 fully saturated rings. The summed E-state index contributed by atoms with van der Waals surface area (Å²) in [5, 5.41) is 0. The molecule has 2 nitrogen and oxygen atoms in total. The van der Waals surface area contributed by atoms with Crippen LogP contribution in [-0.2, 0) is 5.41 Å². The van der Waals surface area contributed by atoms with Gasteiger partial charge in [0.1, 0.15) is 5.75 Å². The standard InChI is InChI=1S/C18H20BrNO/c1-18(2,3)16-12-15(19)11-14(17(16)21-4)6-5-13-7-9-20-10-8-13/h5-12H,1-4H3. The second-order valence-corrected chi connectivity index (χ2v) is 6.86. The van der Waals surface area contributed by atoms with Crippen LogP contribution in [0.15, 0.2) is 41.1 Å². The molecule has 2 aromatic rings. The molecule has 0 atom stereocenters. The van der Waals surface area contributed by atoms with E-state index in [1.165, 1.54) is 5.56 Å². The zero-order valence-corrected chi connectivity index (χ0v) is 14.4. The predicted molar refractivity (Wildman–Crippen MR) is 92.6 cm³/mol. The van der Waals surface area contributed by atoms with Crippen molar-refractivity contribution in [2.45, 2.75) is 26.2 Å². The lowest BCUT2D eigenvalue weighted by atomic mass is 9.85. The largest absolute Gasteiger partial charge is 0.496 e. The summed E-state index contributed by atoms with van der Waals surface area (Å²) in [5.74, 6) is 0.927. The van der Waals surface area contributed by atoms with Gasteiger partial charge in [-0.2, -0.15) is 0 Å². The number of nitrogens with zero attached hydrogens (tertiary/aromatic N) is 1. The number of rotatable bonds is 3. The van der Waals surface area contributed by atoms with E-state index in [0.29, 0.717) is 0 Å². The van der Waals surface area contributed by atoms with E-state index in [2.05, 4.69) is 66.0 Å². The molecule has 0 spiro atoms. The molecule has 0 bridgehead atoms. The van der Waals surface area contributed by atoms with Gasteiger partial charge < -0.3 is 4.74 Å². The highest BCUT2D eigenvalue weighted by molar-refractivity contribution is 9.10. The van der Waals surface area contributed by atoms with E-state index in [1.807, 2.05) is 12.1 Å². The van der Waals surface area contributed by atoms with Gasteiger partial charge in [-0.15, -0.1) is 0 Å². The van der Waals surface area contributed by atoms with Crippen molar-refractivity contribution in [1.82, 2.24) is 4.98 Å². The lowest BCUT2D eigenvalue weighted by Gasteiger charge is -2.23. The maximum atomic E-state index is 5.66. The first-order valence-electron chi connectivity index (χ1n) is 6.88. The average molecular weight is 346 g/mol. The van der Waals surface area contributed by atoms with Gasteiger partial charge in [0.2, 0.25) is 0 Å². The number of aromatic nitrogens is 1. The third-order valence-electron chi connectivity index (χ3n) is 3.26. The van der Waals surface area contributed by atoms with Crippen molar-refractivity contribution >= 4 is 28.1 Å². The molecule has 0 N–H and O–H groups in total. The maximum Gasteiger partial charge on any atom is 0.129 e. The van der Waals surface area contributed by atoms with Crippen LogP contribution in [0.5, 0.6) is 5.75 Å². The molecule has 21 heavy (non-hydrogen) atoms. The minimum absolute atomic E-state index is 0.0222. The first kappa shape index (κ1) is 15.8. The van der Waals surface area contributed by atoms with Crippen LogP contribution in [0.2, 0.25) is 0 Å². The lowest BCUT2D eigenvalue weighted by molar-refractivity contribution is 0.396. The van der Waals surface area contributed by atoms with Crippen molar-refractivity contribution in [3.63, 3.8) is 0 Å². The topological polar surface area (TPSA) is 22.1 Å². The molecule has 1 heterocycles. The van der Waals surface area contributed by atoms with Gasteiger partial charge in [0, 0.05) is 28.0 Å². The summed E-state index contributed by atoms with van der Waals surface area (Å²) in [7, 11) is 1.72. The second kappa shape index (κ2) is 6.44. The van der Waals surface area contributed by atoms with Gasteiger partial charge in [0.15, 0.2) is 0 Å². The molecule has 0 aliphatic heterocycles. The van der Waals surface area contributed by atoms with Gasteiger partial charge in [0.25, 0.3) is 0 Å².